The molecule has 0 spiro atoms. The van der Waals surface area contributed by atoms with Gasteiger partial charge < -0.3 is 4.74 Å². The van der Waals surface area contributed by atoms with E-state index in [0.717, 1.165) is 22.6 Å². The van der Waals surface area contributed by atoms with Crippen molar-refractivity contribution in [1.82, 2.24) is 15.0 Å². The number of aromatic amines is 1. The van der Waals surface area contributed by atoms with Gasteiger partial charge in [0, 0.05) is 11.1 Å². The van der Waals surface area contributed by atoms with E-state index in [4.69, 9.17) is 4.74 Å². The molecule has 7 nitrogen and oxygen atoms in total. The number of methoxy groups -OCH3 is 1. The molecule has 3 aromatic rings. The monoisotopic (exact) mass is 384 g/mol. The zero-order chi connectivity index (χ0) is 19.4. The molecule has 1 heterocycles. The summed E-state index contributed by atoms with van der Waals surface area (Å²) in [5.41, 5.74) is 3.79. The molecule has 0 bridgehead atoms. The van der Waals surface area contributed by atoms with E-state index >= 15 is 0 Å². The molecule has 0 fully saturated rings. The van der Waals surface area contributed by atoms with Crippen LogP contribution in [0.2, 0.25) is 0 Å². The van der Waals surface area contributed by atoms with Crippen molar-refractivity contribution < 1.29 is 13.2 Å². The summed E-state index contributed by atoms with van der Waals surface area (Å²) in [4.78, 5) is 2.47. The SMILES string of the molecule is COc1ccc(-c2[nH]ncc2C=NNS(=O)(=O)c2cc(C)ccc2C)cc1. The highest BCUT2D eigenvalue weighted by Gasteiger charge is 2.16. The third-order valence-electron chi connectivity index (χ3n) is 4.06. The number of ether oxygens (including phenoxy) is 1. The van der Waals surface area contributed by atoms with Crippen LogP contribution in [0.15, 0.2) is 58.7 Å². The molecule has 0 radical (unpaired) electrons. The molecule has 140 valence electrons. The van der Waals surface area contributed by atoms with Gasteiger partial charge in [-0.1, -0.05) is 12.1 Å². The summed E-state index contributed by atoms with van der Waals surface area (Å²) < 4.78 is 30.1. The minimum Gasteiger partial charge on any atom is -0.497 e. The number of sulfonamides is 1. The summed E-state index contributed by atoms with van der Waals surface area (Å²) in [5.74, 6) is 0.745. The van der Waals surface area contributed by atoms with Gasteiger partial charge in [0.25, 0.3) is 10.0 Å². The van der Waals surface area contributed by atoms with E-state index in [0.29, 0.717) is 11.1 Å². The van der Waals surface area contributed by atoms with Crippen LogP contribution in [0.1, 0.15) is 16.7 Å². The Morgan fingerprint density at radius 2 is 1.89 bits per heavy atom. The number of rotatable bonds is 6. The van der Waals surface area contributed by atoms with Crippen LogP contribution < -0.4 is 9.57 Å². The molecular weight excluding hydrogens is 364 g/mol. The Hall–Kier alpha value is -3.13. The number of H-pyrrole nitrogens is 1. The third-order valence-corrected chi connectivity index (χ3v) is 5.42. The number of hydrazone groups is 1. The molecular formula is C19H20N4O3S. The van der Waals surface area contributed by atoms with Crippen LogP contribution in [0.5, 0.6) is 5.75 Å². The van der Waals surface area contributed by atoms with Crippen LogP contribution in [0, 0.1) is 13.8 Å². The second kappa shape index (κ2) is 7.63. The Morgan fingerprint density at radius 1 is 1.15 bits per heavy atom. The average molecular weight is 384 g/mol. The summed E-state index contributed by atoms with van der Waals surface area (Å²) in [5, 5.41) is 10.8. The first-order valence-corrected chi connectivity index (χ1v) is 9.69. The van der Waals surface area contributed by atoms with Gasteiger partial charge in [0.2, 0.25) is 0 Å². The van der Waals surface area contributed by atoms with E-state index in [1.165, 1.54) is 6.21 Å². The number of nitrogens with one attached hydrogen (secondary N) is 2. The number of hydrogen-bond acceptors (Lipinski definition) is 5. The van der Waals surface area contributed by atoms with Crippen LogP contribution in [-0.4, -0.2) is 31.9 Å². The maximum Gasteiger partial charge on any atom is 0.276 e. The molecule has 2 aromatic carbocycles. The van der Waals surface area contributed by atoms with E-state index in [1.807, 2.05) is 37.3 Å². The molecule has 0 aliphatic heterocycles. The quantitative estimate of drug-likeness (QED) is 0.504. The van der Waals surface area contributed by atoms with Gasteiger partial charge in [0.1, 0.15) is 5.75 Å². The summed E-state index contributed by atoms with van der Waals surface area (Å²) in [6, 6.07) is 12.7. The number of aryl methyl sites for hydroxylation is 2. The smallest absolute Gasteiger partial charge is 0.276 e. The van der Waals surface area contributed by atoms with Crippen LogP contribution in [0.3, 0.4) is 0 Å². The van der Waals surface area contributed by atoms with Gasteiger partial charge in [-0.05, 0) is 55.3 Å². The predicted molar refractivity (Wildman–Crippen MR) is 104 cm³/mol. The summed E-state index contributed by atoms with van der Waals surface area (Å²) in [7, 11) is -2.15. The van der Waals surface area contributed by atoms with Gasteiger partial charge in [-0.3, -0.25) is 5.10 Å². The second-order valence-electron chi connectivity index (χ2n) is 6.05. The molecule has 27 heavy (non-hydrogen) atoms. The van der Waals surface area contributed by atoms with Gasteiger partial charge >= 0.3 is 0 Å². The molecule has 2 N–H and O–H groups in total. The highest BCUT2D eigenvalue weighted by atomic mass is 32.2. The minimum absolute atomic E-state index is 0.210. The molecule has 0 saturated heterocycles. The van der Waals surface area contributed by atoms with Crippen molar-refractivity contribution in [2.24, 2.45) is 5.10 Å². The van der Waals surface area contributed by atoms with Crippen LogP contribution in [0.25, 0.3) is 11.3 Å². The van der Waals surface area contributed by atoms with E-state index in [9.17, 15) is 8.42 Å². The van der Waals surface area contributed by atoms with Gasteiger partial charge in [-0.15, -0.1) is 0 Å². The average Bonchev–Trinajstić information content (AvgIpc) is 3.12. The van der Waals surface area contributed by atoms with Crippen molar-refractivity contribution in [1.29, 1.82) is 0 Å². The van der Waals surface area contributed by atoms with Crippen molar-refractivity contribution in [3.05, 3.63) is 65.4 Å². The fraction of sp³-hybridized carbons (Fsp3) is 0.158. The Labute approximate surface area is 158 Å². The molecule has 1 aromatic heterocycles. The maximum absolute atomic E-state index is 12.5. The fourth-order valence-corrected chi connectivity index (χ4v) is 3.72. The first-order chi connectivity index (χ1) is 12.9. The molecule has 0 aliphatic carbocycles. The van der Waals surface area contributed by atoms with Crippen molar-refractivity contribution >= 4 is 16.2 Å². The lowest BCUT2D eigenvalue weighted by Crippen LogP contribution is -2.19. The number of hydrogen-bond donors (Lipinski definition) is 2. The Bertz CT molecular complexity index is 1070. The Morgan fingerprint density at radius 3 is 2.59 bits per heavy atom. The van der Waals surface area contributed by atoms with Crippen molar-refractivity contribution in [3.8, 4) is 17.0 Å². The summed E-state index contributed by atoms with van der Waals surface area (Å²) in [6.45, 7) is 3.59. The standard InChI is InChI=1S/C19H20N4O3S/c1-13-4-5-14(2)18(10-13)27(24,25)23-21-12-16-11-20-22-19(16)15-6-8-17(26-3)9-7-15/h4-12,23H,1-3H3,(H,20,22). The highest BCUT2D eigenvalue weighted by molar-refractivity contribution is 7.89. The van der Waals surface area contributed by atoms with E-state index in [-0.39, 0.29) is 4.90 Å². The predicted octanol–water partition coefficient (Wildman–Crippen LogP) is 3.01. The molecule has 0 atom stereocenters. The van der Waals surface area contributed by atoms with Gasteiger partial charge in [0.15, 0.2) is 0 Å². The largest absolute Gasteiger partial charge is 0.497 e. The Kier molecular flexibility index (Phi) is 5.27. The summed E-state index contributed by atoms with van der Waals surface area (Å²) >= 11 is 0. The number of aromatic nitrogens is 2. The Balaban J connectivity index is 1.81. The molecule has 0 unspecified atom stereocenters. The second-order valence-corrected chi connectivity index (χ2v) is 7.68. The zero-order valence-electron chi connectivity index (χ0n) is 15.2. The van der Waals surface area contributed by atoms with Crippen LogP contribution in [-0.2, 0) is 10.0 Å². The molecule has 0 aliphatic rings. The van der Waals surface area contributed by atoms with E-state index in [2.05, 4.69) is 20.1 Å². The first kappa shape index (κ1) is 18.7. The molecule has 0 saturated carbocycles. The van der Waals surface area contributed by atoms with Gasteiger partial charge in [-0.25, -0.2) is 4.83 Å². The van der Waals surface area contributed by atoms with Crippen molar-refractivity contribution in [2.75, 3.05) is 7.11 Å². The topological polar surface area (TPSA) is 96.4 Å². The molecule has 3 rings (SSSR count). The third kappa shape index (κ3) is 4.17. The van der Waals surface area contributed by atoms with E-state index < -0.39 is 10.0 Å². The lowest BCUT2D eigenvalue weighted by molar-refractivity contribution is 0.415. The lowest BCUT2D eigenvalue weighted by atomic mass is 10.1. The van der Waals surface area contributed by atoms with Crippen LogP contribution >= 0.6 is 0 Å². The van der Waals surface area contributed by atoms with Gasteiger partial charge in [0.05, 0.1) is 30.1 Å². The van der Waals surface area contributed by atoms with Crippen molar-refractivity contribution in [2.45, 2.75) is 18.7 Å². The van der Waals surface area contributed by atoms with Crippen molar-refractivity contribution in [3.63, 3.8) is 0 Å². The zero-order valence-corrected chi connectivity index (χ0v) is 16.0. The molecule has 0 amide bonds. The first-order valence-electron chi connectivity index (χ1n) is 8.20. The highest BCUT2D eigenvalue weighted by Crippen LogP contribution is 2.23. The van der Waals surface area contributed by atoms with Crippen LogP contribution in [0.4, 0.5) is 0 Å². The lowest BCUT2D eigenvalue weighted by Gasteiger charge is -2.07. The fourth-order valence-electron chi connectivity index (χ4n) is 2.59. The molecule has 8 heteroatoms. The number of benzene rings is 2. The van der Waals surface area contributed by atoms with Gasteiger partial charge in [-0.2, -0.15) is 18.6 Å². The minimum atomic E-state index is -3.75. The maximum atomic E-state index is 12.5. The normalized spacial score (nSPS) is 11.7. The van der Waals surface area contributed by atoms with E-state index in [1.54, 1.807) is 32.4 Å². The summed E-state index contributed by atoms with van der Waals surface area (Å²) in [6.07, 6.45) is 3.00. The number of nitrogens with zero attached hydrogens (tertiary/aromatic N) is 2.